The Hall–Kier alpha value is -1.30. The van der Waals surface area contributed by atoms with Crippen molar-refractivity contribution in [3.63, 3.8) is 0 Å². The van der Waals surface area contributed by atoms with Crippen LogP contribution in [-0.2, 0) is 4.79 Å². The van der Waals surface area contributed by atoms with E-state index < -0.39 is 0 Å². The van der Waals surface area contributed by atoms with Gasteiger partial charge in [0.05, 0.1) is 5.25 Å². The van der Waals surface area contributed by atoms with Gasteiger partial charge in [-0.05, 0) is 13.3 Å². The fourth-order valence-electron chi connectivity index (χ4n) is 1.64. The number of thioether (sulfide) groups is 1. The predicted octanol–water partition coefficient (Wildman–Crippen LogP) is 0.690. The molecule has 1 aliphatic heterocycles. The quantitative estimate of drug-likeness (QED) is 0.767. The van der Waals surface area contributed by atoms with Gasteiger partial charge in [0.15, 0.2) is 5.16 Å². The number of rotatable bonds is 2. The number of nitrogens with two attached hydrogens (primary N) is 1. The normalized spacial score (nSPS) is 20.5. The summed E-state index contributed by atoms with van der Waals surface area (Å²) < 4.78 is 0. The highest BCUT2D eigenvalue weighted by molar-refractivity contribution is 8.00. The van der Waals surface area contributed by atoms with Crippen molar-refractivity contribution in [1.29, 1.82) is 0 Å². The van der Waals surface area contributed by atoms with Crippen molar-refractivity contribution >= 4 is 23.5 Å². The van der Waals surface area contributed by atoms with Gasteiger partial charge in [-0.2, -0.15) is 0 Å². The molecule has 0 radical (unpaired) electrons. The molecule has 1 aromatic rings. The molecule has 5 nitrogen and oxygen atoms in total. The molecule has 2 N–H and O–H groups in total. The van der Waals surface area contributed by atoms with Crippen LogP contribution in [0.15, 0.2) is 11.2 Å². The standard InChI is InChI=1S/C10H14N4OS/c1-6-5-8(11)13-10(12-6)16-7-3-4-14(2)9(7)15/h5,7H,3-4H2,1-2H3,(H2,11,12,13). The van der Waals surface area contributed by atoms with E-state index in [0.29, 0.717) is 11.0 Å². The highest BCUT2D eigenvalue weighted by Gasteiger charge is 2.30. The first-order chi connectivity index (χ1) is 7.56. The van der Waals surface area contributed by atoms with E-state index in [2.05, 4.69) is 9.97 Å². The van der Waals surface area contributed by atoms with Crippen molar-refractivity contribution in [2.75, 3.05) is 19.3 Å². The molecule has 2 heterocycles. The second-order valence-corrected chi connectivity index (χ2v) is 5.04. The number of carbonyl (C=O) groups is 1. The Labute approximate surface area is 98.4 Å². The number of aromatic nitrogens is 2. The number of hydrogen-bond donors (Lipinski definition) is 1. The number of carbonyl (C=O) groups excluding carboxylic acids is 1. The Bertz CT molecular complexity index is 403. The zero-order chi connectivity index (χ0) is 11.7. The Kier molecular flexibility index (Phi) is 3.00. The SMILES string of the molecule is Cc1cc(N)nc(SC2CCN(C)C2=O)n1. The Balaban J connectivity index is 2.12. The molecule has 0 aliphatic carbocycles. The monoisotopic (exact) mass is 238 g/mol. The zero-order valence-electron chi connectivity index (χ0n) is 9.30. The molecular formula is C10H14N4OS. The van der Waals surface area contributed by atoms with E-state index in [1.807, 2.05) is 14.0 Å². The first kappa shape index (κ1) is 11.2. The fraction of sp³-hybridized carbons (Fsp3) is 0.500. The molecular weight excluding hydrogens is 224 g/mol. The van der Waals surface area contributed by atoms with Crippen LogP contribution in [-0.4, -0.2) is 39.6 Å². The summed E-state index contributed by atoms with van der Waals surface area (Å²) in [5, 5.41) is 0.525. The van der Waals surface area contributed by atoms with E-state index in [0.717, 1.165) is 18.7 Å². The van der Waals surface area contributed by atoms with Gasteiger partial charge < -0.3 is 10.6 Å². The number of anilines is 1. The van der Waals surface area contributed by atoms with Crippen LogP contribution in [0.5, 0.6) is 0 Å². The summed E-state index contributed by atoms with van der Waals surface area (Å²) >= 11 is 1.40. The van der Waals surface area contributed by atoms with Crippen LogP contribution in [0.3, 0.4) is 0 Å². The van der Waals surface area contributed by atoms with E-state index in [1.165, 1.54) is 11.8 Å². The van der Waals surface area contributed by atoms with Crippen LogP contribution >= 0.6 is 11.8 Å². The number of amides is 1. The Morgan fingerprint density at radius 3 is 2.88 bits per heavy atom. The zero-order valence-corrected chi connectivity index (χ0v) is 10.1. The van der Waals surface area contributed by atoms with E-state index in [9.17, 15) is 4.79 Å². The van der Waals surface area contributed by atoms with E-state index >= 15 is 0 Å². The molecule has 1 atom stereocenters. The second-order valence-electron chi connectivity index (χ2n) is 3.87. The molecule has 0 aromatic carbocycles. The van der Waals surface area contributed by atoms with Gasteiger partial charge in [0, 0.05) is 25.4 Å². The smallest absolute Gasteiger partial charge is 0.235 e. The summed E-state index contributed by atoms with van der Waals surface area (Å²) in [4.78, 5) is 21.8. The Morgan fingerprint density at radius 2 is 2.31 bits per heavy atom. The molecule has 1 saturated heterocycles. The number of nitrogen functional groups attached to an aromatic ring is 1. The summed E-state index contributed by atoms with van der Waals surface area (Å²) in [6.07, 6.45) is 0.844. The van der Waals surface area contributed by atoms with E-state index in [-0.39, 0.29) is 11.2 Å². The maximum Gasteiger partial charge on any atom is 0.235 e. The van der Waals surface area contributed by atoms with Gasteiger partial charge in [0.25, 0.3) is 0 Å². The summed E-state index contributed by atoms with van der Waals surface area (Å²) in [7, 11) is 1.81. The number of aryl methyl sites for hydroxylation is 1. The maximum absolute atomic E-state index is 11.7. The molecule has 2 rings (SSSR count). The first-order valence-corrected chi connectivity index (χ1v) is 5.97. The van der Waals surface area contributed by atoms with Gasteiger partial charge in [0.2, 0.25) is 5.91 Å². The van der Waals surface area contributed by atoms with Crippen LogP contribution in [0.25, 0.3) is 0 Å². The third-order valence-corrected chi connectivity index (χ3v) is 3.59. The van der Waals surface area contributed by atoms with Gasteiger partial charge in [-0.15, -0.1) is 0 Å². The van der Waals surface area contributed by atoms with E-state index in [1.54, 1.807) is 11.0 Å². The lowest BCUT2D eigenvalue weighted by atomic mass is 10.4. The van der Waals surface area contributed by atoms with Gasteiger partial charge in [-0.25, -0.2) is 9.97 Å². The molecule has 86 valence electrons. The molecule has 1 aromatic heterocycles. The van der Waals surface area contributed by atoms with Crippen LogP contribution in [0.4, 0.5) is 5.82 Å². The minimum absolute atomic E-state index is 0.0637. The third kappa shape index (κ3) is 2.27. The van der Waals surface area contributed by atoms with Crippen molar-refractivity contribution < 1.29 is 4.79 Å². The first-order valence-electron chi connectivity index (χ1n) is 5.09. The lowest BCUT2D eigenvalue weighted by molar-refractivity contribution is -0.126. The second kappa shape index (κ2) is 4.29. The highest BCUT2D eigenvalue weighted by Crippen LogP contribution is 2.28. The average Bonchev–Trinajstić information content (AvgIpc) is 2.48. The Morgan fingerprint density at radius 1 is 1.56 bits per heavy atom. The van der Waals surface area contributed by atoms with Crippen molar-refractivity contribution in [1.82, 2.24) is 14.9 Å². The van der Waals surface area contributed by atoms with Crippen molar-refractivity contribution in [2.24, 2.45) is 0 Å². The molecule has 1 unspecified atom stereocenters. The van der Waals surface area contributed by atoms with E-state index in [4.69, 9.17) is 5.73 Å². The summed E-state index contributed by atoms with van der Waals surface area (Å²) in [5.41, 5.74) is 6.46. The van der Waals surface area contributed by atoms with Crippen LogP contribution in [0.2, 0.25) is 0 Å². The molecule has 6 heteroatoms. The molecule has 1 aliphatic rings. The van der Waals surface area contributed by atoms with Crippen molar-refractivity contribution in [3.8, 4) is 0 Å². The summed E-state index contributed by atoms with van der Waals surface area (Å²) in [6, 6.07) is 1.71. The summed E-state index contributed by atoms with van der Waals surface area (Å²) in [5.74, 6) is 0.600. The fourth-order valence-corrected chi connectivity index (χ4v) is 2.76. The van der Waals surface area contributed by atoms with Crippen LogP contribution < -0.4 is 5.73 Å². The van der Waals surface area contributed by atoms with Gasteiger partial charge >= 0.3 is 0 Å². The van der Waals surface area contributed by atoms with Crippen LogP contribution in [0.1, 0.15) is 12.1 Å². The minimum atomic E-state index is -0.0637. The molecule has 1 amide bonds. The largest absolute Gasteiger partial charge is 0.384 e. The van der Waals surface area contributed by atoms with Gasteiger partial charge in [0.1, 0.15) is 5.82 Å². The lowest BCUT2D eigenvalue weighted by Gasteiger charge is -2.09. The highest BCUT2D eigenvalue weighted by atomic mass is 32.2. The van der Waals surface area contributed by atoms with Crippen LogP contribution in [0, 0.1) is 6.92 Å². The number of nitrogens with zero attached hydrogens (tertiary/aromatic N) is 3. The topological polar surface area (TPSA) is 72.1 Å². The summed E-state index contributed by atoms with van der Waals surface area (Å²) in [6.45, 7) is 2.67. The molecule has 0 spiro atoms. The predicted molar refractivity (Wildman–Crippen MR) is 63.1 cm³/mol. The molecule has 0 bridgehead atoms. The number of hydrogen-bond acceptors (Lipinski definition) is 5. The molecule has 0 saturated carbocycles. The van der Waals surface area contributed by atoms with Gasteiger partial charge in [-0.3, -0.25) is 4.79 Å². The minimum Gasteiger partial charge on any atom is -0.384 e. The van der Waals surface area contributed by atoms with Crippen molar-refractivity contribution in [3.05, 3.63) is 11.8 Å². The molecule has 16 heavy (non-hydrogen) atoms. The lowest BCUT2D eigenvalue weighted by Crippen LogP contribution is -2.23. The average molecular weight is 238 g/mol. The molecule has 1 fully saturated rings. The maximum atomic E-state index is 11.7. The third-order valence-electron chi connectivity index (χ3n) is 2.48. The van der Waals surface area contributed by atoms with Crippen molar-refractivity contribution in [2.45, 2.75) is 23.8 Å². The van der Waals surface area contributed by atoms with Gasteiger partial charge in [-0.1, -0.05) is 11.8 Å². The number of likely N-dealkylation sites (tertiary alicyclic amines) is 1.